The minimum atomic E-state index is -0.293. The molecule has 1 aromatic rings. The number of hydrogen-bond acceptors (Lipinski definition) is 4. The Morgan fingerprint density at radius 3 is 2.67 bits per heavy atom. The van der Waals surface area contributed by atoms with Gasteiger partial charge < -0.3 is 10.2 Å². The lowest BCUT2D eigenvalue weighted by molar-refractivity contribution is -0.116. The topological polar surface area (TPSA) is 49.4 Å². The Morgan fingerprint density at radius 1 is 1.28 bits per heavy atom. The van der Waals surface area contributed by atoms with E-state index in [0.29, 0.717) is 14.8 Å². The minimum Gasteiger partial charge on any atom is -0.311 e. The highest BCUT2D eigenvalue weighted by Crippen LogP contribution is 2.41. The van der Waals surface area contributed by atoms with E-state index in [-0.39, 0.29) is 11.8 Å². The fraction of sp³-hybridized carbons (Fsp3) is 0.0833. The van der Waals surface area contributed by atoms with E-state index >= 15 is 0 Å². The molecular formula is C12H8N2O2S2. The van der Waals surface area contributed by atoms with Gasteiger partial charge in [-0.2, -0.15) is 0 Å². The summed E-state index contributed by atoms with van der Waals surface area (Å²) in [7, 11) is 1.70. The van der Waals surface area contributed by atoms with Crippen LogP contribution in [0.25, 0.3) is 5.57 Å². The Balaban J connectivity index is 2.25. The van der Waals surface area contributed by atoms with Crippen molar-refractivity contribution >= 4 is 51.4 Å². The summed E-state index contributed by atoms with van der Waals surface area (Å²) >= 11 is 6.09. The molecule has 0 spiro atoms. The fourth-order valence-corrected chi connectivity index (χ4v) is 3.18. The molecule has 1 aromatic carbocycles. The quantitative estimate of drug-likeness (QED) is 0.576. The van der Waals surface area contributed by atoms with Crippen LogP contribution in [0.15, 0.2) is 29.2 Å². The lowest BCUT2D eigenvalue weighted by atomic mass is 10.1. The van der Waals surface area contributed by atoms with Gasteiger partial charge in [0, 0.05) is 12.6 Å². The number of para-hydroxylation sites is 1. The van der Waals surface area contributed by atoms with E-state index in [2.05, 4.69) is 5.32 Å². The molecule has 0 radical (unpaired) electrons. The van der Waals surface area contributed by atoms with E-state index in [4.69, 9.17) is 12.2 Å². The number of nitrogens with zero attached hydrogens (tertiary/aromatic N) is 1. The van der Waals surface area contributed by atoms with E-state index in [1.165, 1.54) is 0 Å². The van der Waals surface area contributed by atoms with E-state index < -0.39 is 0 Å². The van der Waals surface area contributed by atoms with Crippen molar-refractivity contribution in [2.75, 3.05) is 11.9 Å². The first-order valence-electron chi connectivity index (χ1n) is 5.24. The number of rotatable bonds is 0. The van der Waals surface area contributed by atoms with Crippen molar-refractivity contribution in [1.82, 2.24) is 5.32 Å². The van der Waals surface area contributed by atoms with Crippen LogP contribution in [0.5, 0.6) is 0 Å². The smallest absolute Gasteiger partial charge is 0.264 e. The molecule has 2 aliphatic heterocycles. The largest absolute Gasteiger partial charge is 0.311 e. The van der Waals surface area contributed by atoms with Crippen molar-refractivity contribution in [2.24, 2.45) is 0 Å². The van der Waals surface area contributed by atoms with Crippen LogP contribution < -0.4 is 10.2 Å². The summed E-state index contributed by atoms with van der Waals surface area (Å²) in [5.41, 5.74) is 2.04. The van der Waals surface area contributed by atoms with Crippen LogP contribution in [0.2, 0.25) is 0 Å². The van der Waals surface area contributed by atoms with Gasteiger partial charge in [0.15, 0.2) is 0 Å². The maximum atomic E-state index is 12.2. The van der Waals surface area contributed by atoms with E-state index in [9.17, 15) is 9.59 Å². The van der Waals surface area contributed by atoms with E-state index in [1.807, 2.05) is 24.3 Å². The first-order chi connectivity index (χ1) is 8.59. The van der Waals surface area contributed by atoms with Gasteiger partial charge in [0.25, 0.3) is 11.8 Å². The number of thiocarbonyl (C=S) groups is 1. The molecule has 90 valence electrons. The highest BCUT2D eigenvalue weighted by atomic mass is 32.2. The molecular weight excluding hydrogens is 268 g/mol. The standard InChI is InChI=1S/C12H8N2O2S2/c1-14-7-5-3-2-4-6(7)8(11(14)16)9-10(15)13-12(17)18-9/h2-5H,1H3,(H,13,15,17). The molecule has 0 unspecified atom stereocenters. The van der Waals surface area contributed by atoms with Crippen LogP contribution in [0.3, 0.4) is 0 Å². The third kappa shape index (κ3) is 1.49. The third-order valence-electron chi connectivity index (χ3n) is 2.90. The Hall–Kier alpha value is -1.66. The van der Waals surface area contributed by atoms with Gasteiger partial charge >= 0.3 is 0 Å². The molecule has 0 bridgehead atoms. The zero-order valence-electron chi connectivity index (χ0n) is 9.39. The molecule has 0 aromatic heterocycles. The monoisotopic (exact) mass is 276 g/mol. The Kier molecular flexibility index (Phi) is 2.49. The molecule has 6 heteroatoms. The van der Waals surface area contributed by atoms with Crippen molar-refractivity contribution in [2.45, 2.75) is 0 Å². The lowest BCUT2D eigenvalue weighted by Crippen LogP contribution is -2.22. The molecule has 2 amide bonds. The van der Waals surface area contributed by atoms with Gasteiger partial charge in [-0.15, -0.1) is 0 Å². The SMILES string of the molecule is CN1C(=O)C(=C2SC(=S)NC2=O)c2ccccc21. The molecule has 1 N–H and O–H groups in total. The maximum Gasteiger partial charge on any atom is 0.264 e. The van der Waals surface area contributed by atoms with Gasteiger partial charge in [-0.05, 0) is 6.07 Å². The fourth-order valence-electron chi connectivity index (χ4n) is 2.07. The van der Waals surface area contributed by atoms with Crippen LogP contribution in [-0.2, 0) is 9.59 Å². The predicted molar refractivity (Wildman–Crippen MR) is 75.1 cm³/mol. The maximum absolute atomic E-state index is 12.2. The predicted octanol–water partition coefficient (Wildman–Crippen LogP) is 1.52. The number of hydrogen-bond donors (Lipinski definition) is 1. The van der Waals surface area contributed by atoms with Crippen molar-refractivity contribution in [3.8, 4) is 0 Å². The lowest BCUT2D eigenvalue weighted by Gasteiger charge is -2.08. The summed E-state index contributed by atoms with van der Waals surface area (Å²) in [6.45, 7) is 0. The van der Waals surface area contributed by atoms with Crippen molar-refractivity contribution in [1.29, 1.82) is 0 Å². The zero-order valence-corrected chi connectivity index (χ0v) is 11.0. The number of likely N-dealkylation sites (N-methyl/N-ethyl adjacent to an activating group) is 1. The molecule has 0 atom stereocenters. The van der Waals surface area contributed by atoms with Crippen molar-refractivity contribution in [3.63, 3.8) is 0 Å². The molecule has 2 aliphatic rings. The van der Waals surface area contributed by atoms with Crippen LogP contribution in [-0.4, -0.2) is 23.2 Å². The van der Waals surface area contributed by atoms with Crippen molar-refractivity contribution < 1.29 is 9.59 Å². The van der Waals surface area contributed by atoms with Crippen LogP contribution in [0, 0.1) is 0 Å². The molecule has 18 heavy (non-hydrogen) atoms. The van der Waals surface area contributed by atoms with Gasteiger partial charge in [0.1, 0.15) is 4.32 Å². The summed E-state index contributed by atoms with van der Waals surface area (Å²) in [6.07, 6.45) is 0. The highest BCUT2D eigenvalue weighted by molar-refractivity contribution is 8.27. The first-order valence-corrected chi connectivity index (χ1v) is 6.47. The molecule has 1 saturated heterocycles. The number of fused-ring (bicyclic) bond motifs is 1. The summed E-state index contributed by atoms with van der Waals surface area (Å²) < 4.78 is 0.391. The number of thioether (sulfide) groups is 1. The van der Waals surface area contributed by atoms with Gasteiger partial charge in [0.2, 0.25) is 0 Å². The molecule has 2 heterocycles. The van der Waals surface area contributed by atoms with Crippen molar-refractivity contribution in [3.05, 3.63) is 34.7 Å². The number of amides is 2. The van der Waals surface area contributed by atoms with Crippen LogP contribution in [0.4, 0.5) is 5.69 Å². The minimum absolute atomic E-state index is 0.168. The van der Waals surface area contributed by atoms with Gasteiger partial charge in [-0.25, -0.2) is 0 Å². The Bertz CT molecular complexity index is 637. The number of anilines is 1. The second kappa shape index (κ2) is 3.93. The number of benzene rings is 1. The molecule has 0 aliphatic carbocycles. The summed E-state index contributed by atoms with van der Waals surface area (Å²) in [4.78, 5) is 26.0. The highest BCUT2D eigenvalue weighted by Gasteiger charge is 2.37. The normalized spacial score (nSPS) is 22.5. The van der Waals surface area contributed by atoms with E-state index in [1.54, 1.807) is 11.9 Å². The summed E-state index contributed by atoms with van der Waals surface area (Å²) in [5.74, 6) is -0.461. The first kappa shape index (κ1) is 11.4. The molecule has 1 fully saturated rings. The number of carbonyl (C=O) groups excluding carboxylic acids is 2. The molecule has 3 rings (SSSR count). The number of carbonyl (C=O) groups is 2. The van der Waals surface area contributed by atoms with Gasteiger partial charge in [-0.1, -0.05) is 42.2 Å². The average molecular weight is 276 g/mol. The second-order valence-corrected chi connectivity index (χ2v) is 5.62. The van der Waals surface area contributed by atoms with Gasteiger partial charge in [0.05, 0.1) is 16.2 Å². The van der Waals surface area contributed by atoms with Gasteiger partial charge in [-0.3, -0.25) is 9.59 Å². The Morgan fingerprint density at radius 2 is 2.00 bits per heavy atom. The average Bonchev–Trinajstić information content (AvgIpc) is 2.79. The number of nitrogens with one attached hydrogen (secondary N) is 1. The van der Waals surface area contributed by atoms with Crippen LogP contribution in [0.1, 0.15) is 5.56 Å². The third-order valence-corrected chi connectivity index (χ3v) is 4.13. The molecule has 0 saturated carbocycles. The zero-order chi connectivity index (χ0) is 12.9. The Labute approximate surface area is 113 Å². The summed E-state index contributed by atoms with van der Waals surface area (Å²) in [6, 6.07) is 7.41. The second-order valence-electron chi connectivity index (χ2n) is 3.93. The molecule has 4 nitrogen and oxygen atoms in total. The summed E-state index contributed by atoms with van der Waals surface area (Å²) in [5, 5.41) is 2.54. The van der Waals surface area contributed by atoms with E-state index in [0.717, 1.165) is 23.0 Å². The van der Waals surface area contributed by atoms with Crippen LogP contribution >= 0.6 is 24.0 Å².